The Balaban J connectivity index is 0.000000341. The minimum atomic E-state index is -0.319. The lowest BCUT2D eigenvalue weighted by atomic mass is 9.89. The number of halogens is 5. The molecule has 0 bridgehead atoms. The van der Waals surface area contributed by atoms with Crippen LogP contribution in [0.5, 0.6) is 23.0 Å². The van der Waals surface area contributed by atoms with E-state index in [9.17, 15) is 14.4 Å². The van der Waals surface area contributed by atoms with Gasteiger partial charge in [-0.1, -0.05) is 119 Å². The van der Waals surface area contributed by atoms with Gasteiger partial charge in [0.25, 0.3) is 0 Å². The number of Topliss-reactive ketones (excluding diaryl/α,β-unsaturated/α-hetero) is 3. The van der Waals surface area contributed by atoms with Gasteiger partial charge in [0.2, 0.25) is 17.2 Å². The molecule has 3 atom stereocenters. The summed E-state index contributed by atoms with van der Waals surface area (Å²) in [5.74, 6) is 5.36. The highest BCUT2D eigenvalue weighted by Gasteiger charge is 2.28. The van der Waals surface area contributed by atoms with E-state index in [1.165, 1.54) is 12.6 Å². The maximum atomic E-state index is 11.7. The molecule has 0 saturated carbocycles. The number of rotatable bonds is 30. The molecule has 97 heavy (non-hydrogen) atoms. The monoisotopic (exact) mass is 1440 g/mol. The average molecular weight is 1440 g/mol. The van der Waals surface area contributed by atoms with E-state index in [0.29, 0.717) is 110 Å². The first-order valence-corrected chi connectivity index (χ1v) is 33.7. The maximum absolute atomic E-state index is 11.7. The predicted molar refractivity (Wildman–Crippen MR) is 397 cm³/mol. The number of nitrogens with zero attached hydrogens (tertiary/aromatic N) is 9. The Morgan fingerprint density at radius 1 is 0.515 bits per heavy atom. The minimum Gasteiger partial charge on any atom is -0.497 e. The van der Waals surface area contributed by atoms with E-state index in [1.54, 1.807) is 79.8 Å². The first-order valence-electron chi connectivity index (χ1n) is 31.8. The summed E-state index contributed by atoms with van der Waals surface area (Å²) >= 11 is 29.3. The van der Waals surface area contributed by atoms with E-state index in [2.05, 4.69) is 90.4 Å². The van der Waals surface area contributed by atoms with E-state index in [4.69, 9.17) is 99.1 Å². The number of carbonyl (C=O) groups excluding carboxylic acids is 3. The van der Waals surface area contributed by atoms with Crippen LogP contribution in [-0.4, -0.2) is 107 Å². The normalized spacial score (nSPS) is 12.5. The highest BCUT2D eigenvalue weighted by Crippen LogP contribution is 2.33. The molecule has 0 radical (unpaired) electrons. The summed E-state index contributed by atoms with van der Waals surface area (Å²) in [5, 5.41) is 12.1. The van der Waals surface area contributed by atoms with Gasteiger partial charge in [-0.3, -0.25) is 0 Å². The largest absolute Gasteiger partial charge is 0.497 e. The molecule has 6 heterocycles. The molecular weight excluding hydrogens is 1340 g/mol. The Morgan fingerprint density at radius 2 is 0.938 bits per heavy atom. The lowest BCUT2D eigenvalue weighted by molar-refractivity contribution is -0.118. The number of hydrogen-bond donors (Lipinski definition) is 6. The zero-order chi connectivity index (χ0) is 71.2. The van der Waals surface area contributed by atoms with Crippen molar-refractivity contribution in [1.82, 2.24) is 44.9 Å². The number of nitrogens with two attached hydrogens (primary N) is 3. The van der Waals surface area contributed by atoms with E-state index in [1.807, 2.05) is 43.3 Å². The zero-order valence-electron chi connectivity index (χ0n) is 57.5. The number of ether oxygens (including phenoxy) is 4. The van der Waals surface area contributed by atoms with Gasteiger partial charge in [-0.25, -0.2) is 34.9 Å². The van der Waals surface area contributed by atoms with Crippen LogP contribution in [-0.2, 0) is 27.5 Å². The fourth-order valence-electron chi connectivity index (χ4n) is 9.66. The molecular formula is C70H98Cl5N15O7. The highest BCUT2D eigenvalue weighted by atomic mass is 35.5. The summed E-state index contributed by atoms with van der Waals surface area (Å²) in [4.78, 5) is 72.2. The molecule has 6 aromatic heterocycles. The lowest BCUT2D eigenvalue weighted by Crippen LogP contribution is -2.36. The quantitative estimate of drug-likeness (QED) is 0.0180. The van der Waals surface area contributed by atoms with Crippen molar-refractivity contribution in [2.45, 2.75) is 196 Å². The van der Waals surface area contributed by atoms with Gasteiger partial charge < -0.3 is 66.5 Å². The number of pyridine rings is 3. The van der Waals surface area contributed by atoms with Crippen molar-refractivity contribution in [3.8, 4) is 23.0 Å². The smallest absolute Gasteiger partial charge is 0.225 e. The number of methoxy groups -OCH3 is 4. The minimum absolute atomic E-state index is 0. The van der Waals surface area contributed by atoms with Crippen molar-refractivity contribution in [3.05, 3.63) is 110 Å². The van der Waals surface area contributed by atoms with Gasteiger partial charge in [0.1, 0.15) is 56.9 Å². The number of nitrogens with one attached hydrogen (secondary N) is 3. The van der Waals surface area contributed by atoms with Crippen LogP contribution in [0.25, 0.3) is 33.1 Å². The Morgan fingerprint density at radius 3 is 1.39 bits per heavy atom. The second kappa shape index (κ2) is 41.8. The third-order valence-electron chi connectivity index (χ3n) is 15.3. The third kappa shape index (κ3) is 29.0. The van der Waals surface area contributed by atoms with Crippen molar-refractivity contribution in [3.63, 3.8) is 0 Å². The SMILES string of the molecule is C.CCCC[C@@](C)(N)CCC(C)=O.CCCC[C@](C)(CCC(C)=O)Nc1nc(N)nc2cc(Cl)cnc12.CCCC[C@](C)(CCC(C)=O)Nc1nc(NCc2ccc(OC)cc2OC)nc2cc(Cl)cnc12.COc1ccc(CN)c(OC)c1.Clc1cnc2c(Cl)nc(Cl)nc2c1. The van der Waals surface area contributed by atoms with Crippen molar-refractivity contribution >= 4 is 132 Å². The fourth-order valence-corrected chi connectivity index (χ4v) is 10.6. The lowest BCUT2D eigenvalue weighted by Gasteiger charge is -2.32. The van der Waals surface area contributed by atoms with Crippen molar-refractivity contribution in [2.24, 2.45) is 11.5 Å². The summed E-state index contributed by atoms with van der Waals surface area (Å²) in [5.41, 5.74) is 22.0. The van der Waals surface area contributed by atoms with E-state index in [-0.39, 0.29) is 57.8 Å². The summed E-state index contributed by atoms with van der Waals surface area (Å²) in [7, 11) is 6.48. The van der Waals surface area contributed by atoms with Crippen LogP contribution in [0, 0.1) is 0 Å². The Hall–Kier alpha value is -7.31. The van der Waals surface area contributed by atoms with E-state index in [0.717, 1.165) is 92.6 Å². The van der Waals surface area contributed by atoms with Crippen molar-refractivity contribution < 1.29 is 33.3 Å². The van der Waals surface area contributed by atoms with Crippen molar-refractivity contribution in [2.75, 3.05) is 50.1 Å². The Bertz CT molecular complexity index is 3810. The number of unbranched alkanes of at least 4 members (excludes halogenated alkanes) is 3. The summed E-state index contributed by atoms with van der Waals surface area (Å²) in [6, 6.07) is 16.4. The van der Waals surface area contributed by atoms with Gasteiger partial charge in [-0.05, 0) is 128 Å². The summed E-state index contributed by atoms with van der Waals surface area (Å²) in [6.07, 6.45) is 17.9. The maximum Gasteiger partial charge on any atom is 0.225 e. The molecule has 9 N–H and O–H groups in total. The second-order valence-corrected chi connectivity index (χ2v) is 26.0. The molecule has 8 rings (SSSR count). The molecule has 530 valence electrons. The number of carbonyl (C=O) groups is 3. The number of ketones is 3. The number of benzene rings is 2. The Labute approximate surface area is 596 Å². The van der Waals surface area contributed by atoms with Gasteiger partial charge in [0, 0.05) is 90.8 Å². The van der Waals surface area contributed by atoms with Gasteiger partial charge in [-0.15, -0.1) is 0 Å². The van der Waals surface area contributed by atoms with Gasteiger partial charge in [-0.2, -0.15) is 9.97 Å². The number of anilines is 4. The van der Waals surface area contributed by atoms with Crippen LogP contribution < -0.4 is 52.1 Å². The summed E-state index contributed by atoms with van der Waals surface area (Å²) < 4.78 is 20.9. The van der Waals surface area contributed by atoms with Crippen LogP contribution >= 0.6 is 58.0 Å². The highest BCUT2D eigenvalue weighted by molar-refractivity contribution is 6.36. The molecule has 2 aromatic carbocycles. The number of nitrogen functional groups attached to an aromatic ring is 1. The van der Waals surface area contributed by atoms with Crippen LogP contribution in [0.2, 0.25) is 25.5 Å². The molecule has 0 aliphatic heterocycles. The van der Waals surface area contributed by atoms with Crippen LogP contribution in [0.15, 0.2) is 73.2 Å². The zero-order valence-corrected chi connectivity index (χ0v) is 61.2. The fraction of sp³-hybridized carbons (Fsp3) is 0.486. The molecule has 0 spiro atoms. The van der Waals surface area contributed by atoms with Crippen molar-refractivity contribution in [1.29, 1.82) is 0 Å². The first-order chi connectivity index (χ1) is 45.5. The van der Waals surface area contributed by atoms with Gasteiger partial charge in [0.15, 0.2) is 16.8 Å². The average Bonchev–Trinajstić information content (AvgIpc) is 0.805. The number of hydrogen-bond acceptors (Lipinski definition) is 22. The van der Waals surface area contributed by atoms with Crippen LogP contribution in [0.1, 0.15) is 177 Å². The van der Waals surface area contributed by atoms with E-state index < -0.39 is 0 Å². The molecule has 8 aromatic rings. The number of fused-ring (bicyclic) bond motifs is 3. The van der Waals surface area contributed by atoms with Crippen LogP contribution in [0.4, 0.5) is 23.5 Å². The molecule has 0 fully saturated rings. The molecule has 0 amide bonds. The molecule has 22 nitrogen and oxygen atoms in total. The molecule has 0 saturated heterocycles. The first kappa shape index (κ1) is 83.9. The molecule has 0 aliphatic rings. The third-order valence-corrected chi connectivity index (χ3v) is 16.4. The molecule has 0 aliphatic carbocycles. The molecule has 0 unspecified atom stereocenters. The second-order valence-electron chi connectivity index (χ2n) is 24.0. The van der Waals surface area contributed by atoms with Gasteiger partial charge in [0.05, 0.1) is 60.1 Å². The molecule has 27 heteroatoms. The Kier molecular flexibility index (Phi) is 36.2. The number of aromatic nitrogens is 9. The van der Waals surface area contributed by atoms with Crippen LogP contribution in [0.3, 0.4) is 0 Å². The van der Waals surface area contributed by atoms with Gasteiger partial charge >= 0.3 is 0 Å². The standard InChI is InChI=1S/C26H34ClN5O3.C17H24ClN5O.C10H21NO.C9H13NO2.C7H2Cl3N3.CH4/c1-6-7-11-26(3,12-10-17(2)33)32-24-23-21(13-19(27)16-28-23)30-25(31-24)29-15-18-8-9-20(34-4)14-22(18)35-5;1-4-5-7-17(3,8-6-11(2)24)23-15-14-13(21-16(19)22-15)9-12(18)10-20-14;1-4-5-7-10(3,11)8-6-9(2)12;1-11-8-4-3-7(6-10)9(5-8)12-2;8-3-1-4-5(11-2-3)6(9)13-7(10)12-4;/h8-9,13-14,16H,6-7,10-12,15H2,1-5H3,(H2,29,30,31,32);9-10H,4-8H2,1-3H3,(H3,19,21,22,23);4-8,11H2,1-3H3;3-5H,6,10H2,1-2H3;1-2H;1H4/t26-;17-;10-;;;/m111.../s1. The predicted octanol–water partition coefficient (Wildman–Crippen LogP) is 17.1. The topological polar surface area (TPSA) is 318 Å². The van der Waals surface area contributed by atoms with E-state index >= 15 is 0 Å². The summed E-state index contributed by atoms with van der Waals surface area (Å²) in [6.45, 7) is 18.5.